The zero-order valence-electron chi connectivity index (χ0n) is 23.8. The van der Waals surface area contributed by atoms with Crippen molar-refractivity contribution in [2.75, 3.05) is 26.8 Å². The molecule has 0 aliphatic rings. The fourth-order valence-corrected chi connectivity index (χ4v) is 5.25. The molecule has 5 nitrogen and oxygen atoms in total. The highest BCUT2D eigenvalue weighted by Gasteiger charge is 2.33. The number of carbonyl (C=O) groups excluding carboxylic acids is 1. The van der Waals surface area contributed by atoms with Crippen LogP contribution in [0, 0.1) is 0 Å². The van der Waals surface area contributed by atoms with Crippen molar-refractivity contribution in [3.63, 3.8) is 0 Å². The first-order valence-corrected chi connectivity index (χ1v) is 14.3. The Morgan fingerprint density at radius 3 is 2.09 bits per heavy atom. The third-order valence-corrected chi connectivity index (χ3v) is 7.40. The molecule has 4 aromatic rings. The van der Waals surface area contributed by atoms with Gasteiger partial charge in [-0.1, -0.05) is 84.4 Å². The number of primary amides is 1. The van der Waals surface area contributed by atoms with E-state index in [0.717, 1.165) is 22.8 Å². The zero-order valence-corrected chi connectivity index (χ0v) is 24.6. The van der Waals surface area contributed by atoms with Crippen LogP contribution in [-0.4, -0.2) is 37.6 Å². The number of benzene rings is 4. The van der Waals surface area contributed by atoms with E-state index in [9.17, 15) is 18.0 Å². The molecule has 0 atom stereocenters. The molecule has 0 radical (unpaired) electrons. The van der Waals surface area contributed by atoms with Gasteiger partial charge in [0.2, 0.25) is 5.91 Å². The molecule has 0 bridgehead atoms. The van der Waals surface area contributed by atoms with Gasteiger partial charge in [0.25, 0.3) is 0 Å². The topological polar surface area (TPSA) is 64.8 Å². The molecule has 2 N–H and O–H groups in total. The van der Waals surface area contributed by atoms with Crippen molar-refractivity contribution in [1.82, 2.24) is 4.90 Å². The van der Waals surface area contributed by atoms with Gasteiger partial charge in [-0.25, -0.2) is 0 Å². The minimum absolute atomic E-state index is 0.00407. The van der Waals surface area contributed by atoms with Crippen molar-refractivity contribution in [3.05, 3.63) is 130 Å². The fraction of sp³-hybridized carbons (Fsp3) is 0.265. The fourth-order valence-electron chi connectivity index (χ4n) is 5.03. The third-order valence-electron chi connectivity index (χ3n) is 7.07. The molecule has 4 aromatic carbocycles. The molecular weight excluding hydrogens is 577 g/mol. The van der Waals surface area contributed by atoms with Crippen molar-refractivity contribution in [3.8, 4) is 11.5 Å². The molecule has 226 valence electrons. The highest BCUT2D eigenvalue weighted by Crippen LogP contribution is 2.36. The number of nitrogens with two attached hydrogens (primary N) is 1. The predicted molar refractivity (Wildman–Crippen MR) is 162 cm³/mol. The Kier molecular flexibility index (Phi) is 11.1. The van der Waals surface area contributed by atoms with Gasteiger partial charge >= 0.3 is 6.18 Å². The lowest BCUT2D eigenvalue weighted by Gasteiger charge is -2.29. The summed E-state index contributed by atoms with van der Waals surface area (Å²) in [6.45, 7) is 1.77. The summed E-state index contributed by atoms with van der Waals surface area (Å²) in [6, 6.07) is 29.4. The number of halogens is 4. The maximum Gasteiger partial charge on any atom is 0.417 e. The smallest absolute Gasteiger partial charge is 0.417 e. The second-order valence-electron chi connectivity index (χ2n) is 10.3. The summed E-state index contributed by atoms with van der Waals surface area (Å²) in [7, 11) is 1.52. The van der Waals surface area contributed by atoms with Crippen molar-refractivity contribution in [2.45, 2.75) is 31.5 Å². The molecule has 0 aliphatic heterocycles. The van der Waals surface area contributed by atoms with Crippen LogP contribution in [0.15, 0.2) is 97.1 Å². The molecule has 0 saturated heterocycles. The van der Waals surface area contributed by atoms with Crippen LogP contribution in [0.1, 0.15) is 40.2 Å². The Balaban J connectivity index is 1.54. The van der Waals surface area contributed by atoms with Gasteiger partial charge < -0.3 is 15.2 Å². The van der Waals surface area contributed by atoms with E-state index in [-0.39, 0.29) is 17.4 Å². The molecule has 43 heavy (non-hydrogen) atoms. The molecule has 9 heteroatoms. The average molecular weight is 611 g/mol. The summed E-state index contributed by atoms with van der Waals surface area (Å²) in [6.07, 6.45) is -3.85. The maximum atomic E-state index is 13.6. The van der Waals surface area contributed by atoms with Gasteiger partial charge in [0.05, 0.1) is 30.7 Å². The van der Waals surface area contributed by atoms with Crippen molar-refractivity contribution >= 4 is 17.5 Å². The van der Waals surface area contributed by atoms with Gasteiger partial charge in [-0.2, -0.15) is 13.2 Å². The van der Waals surface area contributed by atoms with E-state index in [1.54, 1.807) is 24.3 Å². The Bertz CT molecular complexity index is 1440. The van der Waals surface area contributed by atoms with Crippen molar-refractivity contribution in [1.29, 1.82) is 0 Å². The number of hydrogen-bond acceptors (Lipinski definition) is 4. The van der Waals surface area contributed by atoms with Gasteiger partial charge in [-0.3, -0.25) is 9.69 Å². The van der Waals surface area contributed by atoms with E-state index >= 15 is 0 Å². The average Bonchev–Trinajstić information content (AvgIpc) is 2.99. The molecule has 0 heterocycles. The monoisotopic (exact) mass is 610 g/mol. The second kappa shape index (κ2) is 14.9. The minimum atomic E-state index is -4.55. The first kappa shape index (κ1) is 31.9. The lowest BCUT2D eigenvalue weighted by atomic mass is 9.90. The van der Waals surface area contributed by atoms with Crippen LogP contribution < -0.4 is 15.2 Å². The highest BCUT2D eigenvalue weighted by atomic mass is 35.5. The molecule has 0 unspecified atom stereocenters. The lowest BCUT2D eigenvalue weighted by Crippen LogP contribution is -2.31. The van der Waals surface area contributed by atoms with Crippen LogP contribution in [0.2, 0.25) is 5.02 Å². The number of rotatable bonds is 14. The molecule has 0 aromatic heterocycles. The Morgan fingerprint density at radius 1 is 0.884 bits per heavy atom. The second-order valence-corrected chi connectivity index (χ2v) is 10.7. The number of hydrogen-bond donors (Lipinski definition) is 1. The van der Waals surface area contributed by atoms with E-state index in [0.29, 0.717) is 49.7 Å². The molecule has 1 amide bonds. The first-order chi connectivity index (χ1) is 20.6. The number of alkyl halides is 3. The third kappa shape index (κ3) is 9.24. The first-order valence-electron chi connectivity index (χ1n) is 13.9. The molecule has 0 aliphatic carbocycles. The maximum absolute atomic E-state index is 13.6. The predicted octanol–water partition coefficient (Wildman–Crippen LogP) is 7.50. The quantitative estimate of drug-likeness (QED) is 0.150. The van der Waals surface area contributed by atoms with Crippen LogP contribution >= 0.6 is 11.6 Å². The van der Waals surface area contributed by atoms with Crippen molar-refractivity contribution < 1.29 is 27.4 Å². The summed E-state index contributed by atoms with van der Waals surface area (Å²) in [5.41, 5.74) is 7.92. The molecule has 4 rings (SSSR count). The molecule has 0 fully saturated rings. The number of ether oxygens (including phenoxy) is 2. The van der Waals surface area contributed by atoms with E-state index in [2.05, 4.69) is 29.2 Å². The SMILES string of the molecule is COc1cc(CC(N)=O)ccc1OCCCN(Cc1ccc(Cl)c(C(F)(F)F)c1)CC(c1ccccc1)c1ccccc1. The number of nitrogens with zero attached hydrogens (tertiary/aromatic N) is 1. The van der Waals surface area contributed by atoms with Crippen LogP contribution in [0.4, 0.5) is 13.2 Å². The van der Waals surface area contributed by atoms with Crippen LogP contribution in [0.3, 0.4) is 0 Å². The van der Waals surface area contributed by atoms with Gasteiger partial charge in [0.15, 0.2) is 11.5 Å². The summed E-state index contributed by atoms with van der Waals surface area (Å²) in [4.78, 5) is 13.4. The standard InChI is InChI=1S/C34H34ClF3N2O3/c1-42-32-20-24(21-33(39)41)14-16-31(32)43-18-8-17-40(22-25-13-15-30(35)29(19-25)34(36,37)38)23-28(26-9-4-2-5-10-26)27-11-6-3-7-12-27/h2-7,9-16,19-20,28H,8,17-18,21-23H2,1H3,(H2,39,41). The number of amides is 1. The lowest BCUT2D eigenvalue weighted by molar-refractivity contribution is -0.137. The zero-order chi connectivity index (χ0) is 30.8. The summed E-state index contributed by atoms with van der Waals surface area (Å²) >= 11 is 5.90. The van der Waals surface area contributed by atoms with Gasteiger partial charge in [-0.05, 0) is 52.9 Å². The normalized spacial score (nSPS) is 11.6. The Labute approximate surface area is 255 Å². The number of carbonyl (C=O) groups is 1. The van der Waals surface area contributed by atoms with E-state index in [1.165, 1.54) is 13.2 Å². The Morgan fingerprint density at radius 2 is 1.51 bits per heavy atom. The largest absolute Gasteiger partial charge is 0.493 e. The highest BCUT2D eigenvalue weighted by molar-refractivity contribution is 6.31. The number of methoxy groups -OCH3 is 1. The van der Waals surface area contributed by atoms with Crippen LogP contribution in [0.5, 0.6) is 11.5 Å². The van der Waals surface area contributed by atoms with E-state index in [1.807, 2.05) is 36.4 Å². The van der Waals surface area contributed by atoms with Crippen LogP contribution in [-0.2, 0) is 23.9 Å². The Hall–Kier alpha value is -4.01. The van der Waals surface area contributed by atoms with Crippen LogP contribution in [0.25, 0.3) is 0 Å². The van der Waals surface area contributed by atoms with E-state index < -0.39 is 17.6 Å². The summed E-state index contributed by atoms with van der Waals surface area (Å²) in [5.74, 6) is 0.574. The van der Waals surface area contributed by atoms with Crippen molar-refractivity contribution in [2.24, 2.45) is 5.73 Å². The molecular formula is C34H34ClF3N2O3. The molecule has 0 saturated carbocycles. The summed E-state index contributed by atoms with van der Waals surface area (Å²) in [5, 5.41) is -0.321. The minimum Gasteiger partial charge on any atom is -0.493 e. The van der Waals surface area contributed by atoms with Gasteiger partial charge in [0, 0.05) is 25.6 Å². The van der Waals surface area contributed by atoms with Gasteiger partial charge in [0.1, 0.15) is 0 Å². The van der Waals surface area contributed by atoms with Gasteiger partial charge in [-0.15, -0.1) is 0 Å². The summed E-state index contributed by atoms with van der Waals surface area (Å²) < 4.78 is 52.3. The molecule has 0 spiro atoms. The van der Waals surface area contributed by atoms with E-state index in [4.69, 9.17) is 26.8 Å².